The van der Waals surface area contributed by atoms with Crippen molar-refractivity contribution in [1.29, 1.82) is 0 Å². The molecule has 1 aromatic carbocycles. The van der Waals surface area contributed by atoms with Gasteiger partial charge in [0, 0.05) is 11.9 Å². The van der Waals surface area contributed by atoms with E-state index in [-0.39, 0.29) is 22.9 Å². The first-order valence-electron chi connectivity index (χ1n) is 8.75. The molecule has 4 rings (SSSR count). The molecular formula is C20H12F6N4O. The normalized spacial score (nSPS) is 12.2. The highest BCUT2D eigenvalue weighted by Crippen LogP contribution is 2.37. The fourth-order valence-electron chi connectivity index (χ4n) is 2.96. The second-order valence-corrected chi connectivity index (χ2v) is 6.34. The van der Waals surface area contributed by atoms with Crippen molar-refractivity contribution in [2.75, 3.05) is 5.32 Å². The molecule has 3 heterocycles. The van der Waals surface area contributed by atoms with E-state index in [2.05, 4.69) is 20.0 Å². The first kappa shape index (κ1) is 20.5. The fourth-order valence-corrected chi connectivity index (χ4v) is 2.96. The summed E-state index contributed by atoms with van der Waals surface area (Å²) in [4.78, 5) is 7.92. The number of nitrogens with zero attached hydrogens (tertiary/aromatic N) is 3. The van der Waals surface area contributed by atoms with Gasteiger partial charge in [-0.2, -0.15) is 13.2 Å². The number of rotatable bonds is 4. The average molecular weight is 438 g/mol. The monoisotopic (exact) mass is 438 g/mol. The molecule has 0 aliphatic heterocycles. The molecule has 0 aliphatic carbocycles. The molecule has 0 radical (unpaired) electrons. The van der Waals surface area contributed by atoms with Crippen LogP contribution in [0.1, 0.15) is 5.69 Å². The number of anilines is 2. The van der Waals surface area contributed by atoms with E-state index in [9.17, 15) is 26.3 Å². The Kier molecular flexibility index (Phi) is 4.96. The second-order valence-electron chi connectivity index (χ2n) is 6.34. The van der Waals surface area contributed by atoms with Gasteiger partial charge < -0.3 is 10.1 Å². The van der Waals surface area contributed by atoms with Gasteiger partial charge >= 0.3 is 12.5 Å². The first-order valence-corrected chi connectivity index (χ1v) is 8.75. The van der Waals surface area contributed by atoms with Crippen molar-refractivity contribution in [3.05, 3.63) is 72.6 Å². The molecule has 0 saturated heterocycles. The second kappa shape index (κ2) is 7.49. The van der Waals surface area contributed by atoms with Gasteiger partial charge in [0.15, 0.2) is 5.69 Å². The lowest BCUT2D eigenvalue weighted by Gasteiger charge is -2.11. The number of nitrogens with one attached hydrogen (secondary N) is 1. The van der Waals surface area contributed by atoms with E-state index < -0.39 is 24.0 Å². The zero-order valence-corrected chi connectivity index (χ0v) is 15.4. The smallest absolute Gasteiger partial charge is 0.406 e. The van der Waals surface area contributed by atoms with Crippen LogP contribution in [0.2, 0.25) is 0 Å². The Morgan fingerprint density at radius 2 is 1.55 bits per heavy atom. The molecule has 0 saturated carbocycles. The van der Waals surface area contributed by atoms with Crippen molar-refractivity contribution in [2.24, 2.45) is 0 Å². The van der Waals surface area contributed by atoms with Crippen LogP contribution in [0.3, 0.4) is 0 Å². The number of pyridine rings is 2. The summed E-state index contributed by atoms with van der Waals surface area (Å²) in [5, 5.41) is 2.84. The van der Waals surface area contributed by atoms with Gasteiger partial charge in [0.2, 0.25) is 0 Å². The van der Waals surface area contributed by atoms with E-state index in [1.54, 1.807) is 12.1 Å². The Hall–Kier alpha value is -3.76. The number of benzene rings is 1. The molecule has 1 N–H and O–H groups in total. The molecule has 0 amide bonds. The van der Waals surface area contributed by atoms with E-state index >= 15 is 0 Å². The molecular weight excluding hydrogens is 426 g/mol. The highest BCUT2D eigenvalue weighted by atomic mass is 19.4. The van der Waals surface area contributed by atoms with E-state index in [0.717, 1.165) is 12.1 Å². The largest absolute Gasteiger partial charge is 0.573 e. The van der Waals surface area contributed by atoms with Crippen LogP contribution < -0.4 is 10.1 Å². The third-order valence-electron chi connectivity index (χ3n) is 4.15. The highest BCUT2D eigenvalue weighted by molar-refractivity contribution is 5.67. The van der Waals surface area contributed by atoms with Gasteiger partial charge in [-0.05, 0) is 48.5 Å². The van der Waals surface area contributed by atoms with Crippen LogP contribution in [-0.2, 0) is 6.18 Å². The minimum Gasteiger partial charge on any atom is -0.406 e. The summed E-state index contributed by atoms with van der Waals surface area (Å²) in [6.07, 6.45) is -8.05. The van der Waals surface area contributed by atoms with Crippen molar-refractivity contribution < 1.29 is 31.1 Å². The van der Waals surface area contributed by atoms with Gasteiger partial charge in [0.05, 0.1) is 5.69 Å². The van der Waals surface area contributed by atoms with Crippen LogP contribution in [0.15, 0.2) is 66.9 Å². The van der Waals surface area contributed by atoms with Crippen molar-refractivity contribution in [3.8, 4) is 17.1 Å². The molecule has 0 aliphatic rings. The Morgan fingerprint density at radius 1 is 0.806 bits per heavy atom. The minimum atomic E-state index is -4.81. The quantitative estimate of drug-likeness (QED) is 0.394. The summed E-state index contributed by atoms with van der Waals surface area (Å²) in [5.41, 5.74) is -0.788. The van der Waals surface area contributed by atoms with Crippen molar-refractivity contribution >= 4 is 17.2 Å². The molecule has 160 valence electrons. The zero-order chi connectivity index (χ0) is 22.2. The molecule has 0 fully saturated rings. The Bertz CT molecular complexity index is 1220. The van der Waals surface area contributed by atoms with E-state index in [4.69, 9.17) is 0 Å². The molecule has 4 aromatic rings. The topological polar surface area (TPSA) is 51.5 Å². The molecule has 31 heavy (non-hydrogen) atoms. The summed E-state index contributed by atoms with van der Waals surface area (Å²) in [6.45, 7) is 0. The number of hydrogen-bond acceptors (Lipinski definition) is 4. The van der Waals surface area contributed by atoms with Gasteiger partial charge in [-0.1, -0.05) is 12.1 Å². The highest BCUT2D eigenvalue weighted by Gasteiger charge is 2.38. The average Bonchev–Trinajstić information content (AvgIpc) is 3.09. The predicted molar refractivity (Wildman–Crippen MR) is 99.8 cm³/mol. The van der Waals surface area contributed by atoms with Gasteiger partial charge in [-0.25, -0.2) is 9.97 Å². The summed E-state index contributed by atoms with van der Waals surface area (Å²) >= 11 is 0. The van der Waals surface area contributed by atoms with E-state index in [1.165, 1.54) is 47.0 Å². The maximum absolute atomic E-state index is 13.6. The fraction of sp³-hybridized carbons (Fsp3) is 0.100. The van der Waals surface area contributed by atoms with Crippen molar-refractivity contribution in [2.45, 2.75) is 12.5 Å². The number of halogens is 6. The van der Waals surface area contributed by atoms with E-state index in [1.807, 2.05) is 0 Å². The van der Waals surface area contributed by atoms with Crippen LogP contribution >= 0.6 is 0 Å². The third-order valence-corrected chi connectivity index (χ3v) is 4.15. The Labute approximate surface area is 170 Å². The Morgan fingerprint density at radius 3 is 2.23 bits per heavy atom. The third kappa shape index (κ3) is 4.55. The first-order chi connectivity index (χ1) is 14.6. The number of fused-ring (bicyclic) bond motifs is 1. The van der Waals surface area contributed by atoms with Gasteiger partial charge in [0.1, 0.15) is 22.9 Å². The van der Waals surface area contributed by atoms with Crippen molar-refractivity contribution in [3.63, 3.8) is 0 Å². The summed E-state index contributed by atoms with van der Waals surface area (Å²) in [7, 11) is 0. The SMILES string of the molecule is FC(F)(F)Oc1ccc(Nc2cccc(-c3c(C(F)(F)F)nc4ccccn34)n2)cc1. The molecule has 0 atom stereocenters. The van der Waals surface area contributed by atoms with Crippen LogP contribution in [0.25, 0.3) is 17.0 Å². The van der Waals surface area contributed by atoms with E-state index in [0.29, 0.717) is 5.69 Å². The number of imidazole rings is 1. The number of ether oxygens (including phenoxy) is 1. The summed E-state index contributed by atoms with van der Waals surface area (Å²) in [6, 6.07) is 13.9. The number of aromatic nitrogens is 3. The van der Waals surface area contributed by atoms with Crippen LogP contribution in [0, 0.1) is 0 Å². The molecule has 0 bridgehead atoms. The summed E-state index contributed by atoms with van der Waals surface area (Å²) < 4.78 is 82.6. The summed E-state index contributed by atoms with van der Waals surface area (Å²) in [5.74, 6) is -0.207. The van der Waals surface area contributed by atoms with Gasteiger partial charge in [-0.15, -0.1) is 13.2 Å². The predicted octanol–water partition coefficient (Wildman–Crippen LogP) is 6.06. The molecule has 0 spiro atoms. The lowest BCUT2D eigenvalue weighted by molar-refractivity contribution is -0.274. The lowest BCUT2D eigenvalue weighted by atomic mass is 10.2. The van der Waals surface area contributed by atoms with Crippen molar-refractivity contribution in [1.82, 2.24) is 14.4 Å². The lowest BCUT2D eigenvalue weighted by Crippen LogP contribution is -2.16. The van der Waals surface area contributed by atoms with Crippen LogP contribution in [0.4, 0.5) is 37.8 Å². The number of alkyl halides is 6. The maximum Gasteiger partial charge on any atom is 0.573 e. The Balaban J connectivity index is 1.67. The minimum absolute atomic E-state index is 0.0213. The molecule has 0 unspecified atom stereocenters. The zero-order valence-electron chi connectivity index (χ0n) is 15.4. The van der Waals surface area contributed by atoms with Gasteiger partial charge in [-0.3, -0.25) is 4.40 Å². The molecule has 3 aromatic heterocycles. The molecule has 5 nitrogen and oxygen atoms in total. The maximum atomic E-state index is 13.6. The van der Waals surface area contributed by atoms with Crippen LogP contribution in [-0.4, -0.2) is 20.7 Å². The number of hydrogen-bond donors (Lipinski definition) is 1. The van der Waals surface area contributed by atoms with Crippen LogP contribution in [0.5, 0.6) is 5.75 Å². The molecule has 11 heteroatoms. The standard InChI is InChI=1S/C20H12F6N4O/c21-19(22,23)18-17(30-11-2-1-6-16(30)29-18)14-4-3-5-15(28-14)27-12-7-9-13(10-8-12)31-20(24,25)26/h1-11H,(H,27,28). The van der Waals surface area contributed by atoms with Gasteiger partial charge in [0.25, 0.3) is 0 Å².